The van der Waals surface area contributed by atoms with Crippen LogP contribution in [0.4, 0.5) is 14.9 Å². The van der Waals surface area contributed by atoms with Crippen LogP contribution in [0.2, 0.25) is 0 Å². The van der Waals surface area contributed by atoms with Crippen LogP contribution in [0.1, 0.15) is 18.9 Å². The maximum atomic E-state index is 13.0. The average Bonchev–Trinajstić information content (AvgIpc) is 2.92. The van der Waals surface area contributed by atoms with E-state index in [1.54, 1.807) is 48.7 Å². The lowest BCUT2D eigenvalue weighted by Crippen LogP contribution is -2.28. The minimum Gasteiger partial charge on any atom is -0.489 e. The zero-order valence-corrected chi connectivity index (χ0v) is 20.3. The van der Waals surface area contributed by atoms with Crippen molar-refractivity contribution in [2.75, 3.05) is 25.1 Å². The number of ether oxygens (including phenoxy) is 4. The first-order chi connectivity index (χ1) is 18.1. The van der Waals surface area contributed by atoms with Gasteiger partial charge in [-0.1, -0.05) is 19.1 Å². The van der Waals surface area contributed by atoms with Crippen LogP contribution in [0, 0.1) is 5.82 Å². The number of hydrogen-bond acceptors (Lipinski definition) is 6. The van der Waals surface area contributed by atoms with Crippen LogP contribution < -0.4 is 29.6 Å². The van der Waals surface area contributed by atoms with Crippen LogP contribution in [-0.2, 0) is 6.54 Å². The molecule has 2 heterocycles. The van der Waals surface area contributed by atoms with Crippen molar-refractivity contribution in [2.24, 2.45) is 0 Å². The Hall–Kier alpha value is -4.53. The molecule has 37 heavy (non-hydrogen) atoms. The largest absolute Gasteiger partial charge is 0.489 e. The highest BCUT2D eigenvalue weighted by Crippen LogP contribution is 2.48. The number of aromatic nitrogens is 1. The van der Waals surface area contributed by atoms with Crippen LogP contribution in [0.15, 0.2) is 66.9 Å². The molecule has 0 saturated heterocycles. The number of hydrogen-bond donors (Lipinski definition) is 2. The number of nitrogens with one attached hydrogen (secondary N) is 2. The Bertz CT molecular complexity index is 1390. The van der Waals surface area contributed by atoms with E-state index in [4.69, 9.17) is 18.9 Å². The van der Waals surface area contributed by atoms with Gasteiger partial charge in [-0.15, -0.1) is 0 Å². The molecule has 190 valence electrons. The number of carbonyl (C=O) groups is 1. The number of amides is 2. The normalized spacial score (nSPS) is 12.2. The van der Waals surface area contributed by atoms with Gasteiger partial charge in [0.25, 0.3) is 0 Å². The van der Waals surface area contributed by atoms with Crippen molar-refractivity contribution in [3.05, 3.63) is 78.2 Å². The summed E-state index contributed by atoms with van der Waals surface area (Å²) in [5.41, 5.74) is 2.06. The molecule has 4 aromatic rings. The molecule has 1 aliphatic heterocycles. The van der Waals surface area contributed by atoms with Gasteiger partial charge in [0, 0.05) is 24.5 Å². The van der Waals surface area contributed by atoms with E-state index >= 15 is 0 Å². The number of carbonyl (C=O) groups excluding carboxylic acids is 1. The van der Waals surface area contributed by atoms with E-state index in [9.17, 15) is 9.18 Å². The van der Waals surface area contributed by atoms with Gasteiger partial charge in [-0.2, -0.15) is 0 Å². The zero-order chi connectivity index (χ0) is 25.6. The Kier molecular flexibility index (Phi) is 7.21. The third-order valence-electron chi connectivity index (χ3n) is 5.61. The van der Waals surface area contributed by atoms with Crippen molar-refractivity contribution < 1.29 is 28.1 Å². The molecule has 0 radical (unpaired) electrons. The fourth-order valence-electron chi connectivity index (χ4n) is 3.87. The Labute approximate surface area is 213 Å². The maximum absolute atomic E-state index is 13.0. The average molecular weight is 504 g/mol. The van der Waals surface area contributed by atoms with Gasteiger partial charge in [0.1, 0.15) is 30.5 Å². The summed E-state index contributed by atoms with van der Waals surface area (Å²) in [4.78, 5) is 16.7. The molecule has 2 amide bonds. The quantitative estimate of drug-likeness (QED) is 0.304. The molecule has 0 aliphatic carbocycles. The number of benzene rings is 3. The Morgan fingerprint density at radius 3 is 2.51 bits per heavy atom. The zero-order valence-electron chi connectivity index (χ0n) is 20.3. The third-order valence-corrected chi connectivity index (χ3v) is 5.61. The molecule has 0 atom stereocenters. The molecule has 5 rings (SSSR count). The SMILES string of the molecule is CCCOc1cc2nccc(Oc3ccc(NC(=O)NCc4ccc(F)cc4)cc3)c2c2c1OCCO2. The second-order valence-electron chi connectivity index (χ2n) is 8.34. The molecule has 1 aromatic heterocycles. The summed E-state index contributed by atoms with van der Waals surface area (Å²) >= 11 is 0. The van der Waals surface area contributed by atoms with E-state index in [2.05, 4.69) is 15.6 Å². The second-order valence-corrected chi connectivity index (χ2v) is 8.34. The Morgan fingerprint density at radius 1 is 1.00 bits per heavy atom. The summed E-state index contributed by atoms with van der Waals surface area (Å²) in [6.45, 7) is 3.72. The highest BCUT2D eigenvalue weighted by atomic mass is 19.1. The molecular formula is C28H26FN3O5. The number of pyridine rings is 1. The molecule has 0 fully saturated rings. The predicted octanol–water partition coefficient (Wildman–Crippen LogP) is 6.05. The minimum atomic E-state index is -0.372. The minimum absolute atomic E-state index is 0.281. The number of halogens is 1. The summed E-state index contributed by atoms with van der Waals surface area (Å²) in [6, 6.07) is 16.2. The van der Waals surface area contributed by atoms with Gasteiger partial charge in [0.2, 0.25) is 5.75 Å². The van der Waals surface area contributed by atoms with Gasteiger partial charge in [-0.05, 0) is 54.4 Å². The Morgan fingerprint density at radius 2 is 1.76 bits per heavy atom. The number of rotatable bonds is 8. The summed E-state index contributed by atoms with van der Waals surface area (Å²) in [5.74, 6) is 2.52. The van der Waals surface area contributed by atoms with Gasteiger partial charge < -0.3 is 29.6 Å². The van der Waals surface area contributed by atoms with Crippen molar-refractivity contribution in [3.8, 4) is 28.7 Å². The van der Waals surface area contributed by atoms with Crippen LogP contribution in [0.3, 0.4) is 0 Å². The highest BCUT2D eigenvalue weighted by molar-refractivity contribution is 5.95. The van der Waals surface area contributed by atoms with Crippen molar-refractivity contribution in [1.29, 1.82) is 0 Å². The van der Waals surface area contributed by atoms with Gasteiger partial charge in [0.15, 0.2) is 11.5 Å². The van der Waals surface area contributed by atoms with Crippen molar-refractivity contribution in [2.45, 2.75) is 19.9 Å². The predicted molar refractivity (Wildman–Crippen MR) is 137 cm³/mol. The Balaban J connectivity index is 1.30. The summed E-state index contributed by atoms with van der Waals surface area (Å²) < 4.78 is 36.9. The van der Waals surface area contributed by atoms with Gasteiger partial charge >= 0.3 is 6.03 Å². The molecule has 0 bridgehead atoms. The number of anilines is 1. The van der Waals surface area contributed by atoms with Crippen LogP contribution in [-0.4, -0.2) is 30.8 Å². The second kappa shape index (κ2) is 11.0. The summed E-state index contributed by atoms with van der Waals surface area (Å²) in [7, 11) is 0. The van der Waals surface area contributed by atoms with E-state index in [0.29, 0.717) is 65.2 Å². The van der Waals surface area contributed by atoms with E-state index in [-0.39, 0.29) is 18.4 Å². The number of urea groups is 1. The molecule has 3 aromatic carbocycles. The van der Waals surface area contributed by atoms with E-state index in [0.717, 1.165) is 12.0 Å². The fourth-order valence-corrected chi connectivity index (χ4v) is 3.87. The molecule has 1 aliphatic rings. The molecule has 8 nitrogen and oxygen atoms in total. The molecule has 2 N–H and O–H groups in total. The number of fused-ring (bicyclic) bond motifs is 3. The first-order valence-electron chi connectivity index (χ1n) is 12.0. The van der Waals surface area contributed by atoms with Gasteiger partial charge in [0.05, 0.1) is 17.5 Å². The van der Waals surface area contributed by atoms with E-state index in [1.165, 1.54) is 12.1 Å². The molecule has 9 heteroatoms. The van der Waals surface area contributed by atoms with Gasteiger partial charge in [-0.25, -0.2) is 9.18 Å². The first-order valence-corrected chi connectivity index (χ1v) is 12.0. The molecular weight excluding hydrogens is 477 g/mol. The highest BCUT2D eigenvalue weighted by Gasteiger charge is 2.24. The lowest BCUT2D eigenvalue weighted by molar-refractivity contribution is 0.164. The molecule has 0 spiro atoms. The number of nitrogens with zero attached hydrogens (tertiary/aromatic N) is 1. The molecule has 0 saturated carbocycles. The van der Waals surface area contributed by atoms with Crippen molar-refractivity contribution in [3.63, 3.8) is 0 Å². The fraction of sp³-hybridized carbons (Fsp3) is 0.214. The third kappa shape index (κ3) is 5.66. The monoisotopic (exact) mass is 503 g/mol. The van der Waals surface area contributed by atoms with Crippen LogP contribution in [0.5, 0.6) is 28.7 Å². The first kappa shape index (κ1) is 24.2. The van der Waals surface area contributed by atoms with Gasteiger partial charge in [-0.3, -0.25) is 4.98 Å². The van der Waals surface area contributed by atoms with E-state index in [1.807, 2.05) is 13.0 Å². The smallest absolute Gasteiger partial charge is 0.319 e. The van der Waals surface area contributed by atoms with Crippen LogP contribution >= 0.6 is 0 Å². The lowest BCUT2D eigenvalue weighted by atomic mass is 10.1. The van der Waals surface area contributed by atoms with E-state index < -0.39 is 0 Å². The topological polar surface area (TPSA) is 90.9 Å². The molecule has 0 unspecified atom stereocenters. The van der Waals surface area contributed by atoms with Crippen molar-refractivity contribution in [1.82, 2.24) is 10.3 Å². The summed E-state index contributed by atoms with van der Waals surface area (Å²) in [6.07, 6.45) is 2.53. The standard InChI is InChI=1S/C28H26FN3O5/c1-2-13-34-24-16-22-25(27-26(24)35-14-15-36-27)23(11-12-30-22)37-21-9-7-20(8-10-21)32-28(33)31-17-18-3-5-19(29)6-4-18/h3-12,16H,2,13-15,17H2,1H3,(H2,31,32,33). The summed E-state index contributed by atoms with van der Waals surface area (Å²) in [5, 5.41) is 6.21. The van der Waals surface area contributed by atoms with Crippen LogP contribution in [0.25, 0.3) is 10.9 Å². The maximum Gasteiger partial charge on any atom is 0.319 e. The lowest BCUT2D eigenvalue weighted by Gasteiger charge is -2.23. The van der Waals surface area contributed by atoms with Crippen molar-refractivity contribution >= 4 is 22.6 Å².